The number of nitrogens with zero attached hydrogens (tertiary/aromatic N) is 5. The highest BCUT2D eigenvalue weighted by Crippen LogP contribution is 2.45. The molecule has 2 aromatic heterocycles. The maximum absolute atomic E-state index is 6.10. The second kappa shape index (κ2) is 4.39. The summed E-state index contributed by atoms with van der Waals surface area (Å²) in [5, 5.41) is 8.12. The van der Waals surface area contributed by atoms with Crippen LogP contribution in [-0.2, 0) is 0 Å². The topological polar surface area (TPSA) is 72.3 Å². The number of nitrogens with two attached hydrogens (primary N) is 1. The van der Waals surface area contributed by atoms with Crippen LogP contribution in [0.1, 0.15) is 25.7 Å². The van der Waals surface area contributed by atoms with Crippen LogP contribution in [0.2, 0.25) is 0 Å². The van der Waals surface area contributed by atoms with Gasteiger partial charge in [0.15, 0.2) is 5.65 Å². The highest BCUT2D eigenvalue weighted by Gasteiger charge is 2.43. The van der Waals surface area contributed by atoms with E-state index in [1.807, 2.05) is 10.6 Å². The minimum atomic E-state index is 0.378. The molecule has 2 fully saturated rings. The van der Waals surface area contributed by atoms with E-state index in [9.17, 15) is 0 Å². The molecule has 2 aromatic rings. The zero-order chi connectivity index (χ0) is 13.7. The lowest BCUT2D eigenvalue weighted by Crippen LogP contribution is -2.28. The Hall–Kier alpha value is -1.21. The monoisotopic (exact) mass is 336 g/mol. The lowest BCUT2D eigenvalue weighted by Gasteiger charge is -2.24. The van der Waals surface area contributed by atoms with Crippen LogP contribution >= 0.6 is 15.9 Å². The van der Waals surface area contributed by atoms with Crippen LogP contribution in [0.5, 0.6) is 0 Å². The second-order valence-corrected chi connectivity index (χ2v) is 6.96. The highest BCUT2D eigenvalue weighted by atomic mass is 79.9. The van der Waals surface area contributed by atoms with Gasteiger partial charge in [-0.05, 0) is 47.0 Å². The summed E-state index contributed by atoms with van der Waals surface area (Å²) in [4.78, 5) is 6.91. The smallest absolute Gasteiger partial charge is 0.212 e. The lowest BCUT2D eigenvalue weighted by atomic mass is 9.85. The Morgan fingerprint density at radius 2 is 2.30 bits per heavy atom. The van der Waals surface area contributed by atoms with E-state index < -0.39 is 0 Å². The Balaban J connectivity index is 1.68. The molecule has 20 heavy (non-hydrogen) atoms. The number of aromatic nitrogens is 4. The molecular formula is C13H17BrN6. The third kappa shape index (κ3) is 1.83. The molecule has 106 valence electrons. The normalized spacial score (nSPS) is 29.9. The zero-order valence-electron chi connectivity index (χ0n) is 11.2. The summed E-state index contributed by atoms with van der Waals surface area (Å²) in [6.07, 6.45) is 8.29. The number of fused-ring (bicyclic) bond motifs is 1. The molecule has 1 aliphatic heterocycles. The summed E-state index contributed by atoms with van der Waals surface area (Å²) in [6.45, 7) is 2.08. The van der Waals surface area contributed by atoms with Gasteiger partial charge < -0.3 is 10.6 Å². The molecule has 1 spiro atoms. The fraction of sp³-hybridized carbons (Fsp3) is 0.615. The summed E-state index contributed by atoms with van der Waals surface area (Å²) in [7, 11) is 0. The SMILES string of the molecule is N[C@@H]1CCC2(CCN(c3ncc(Br)c4nncn34)C2)C1. The van der Waals surface area contributed by atoms with Crippen LogP contribution < -0.4 is 10.6 Å². The van der Waals surface area contributed by atoms with Gasteiger partial charge >= 0.3 is 0 Å². The van der Waals surface area contributed by atoms with Crippen molar-refractivity contribution in [2.75, 3.05) is 18.0 Å². The average molecular weight is 337 g/mol. The van der Waals surface area contributed by atoms with E-state index in [0.717, 1.165) is 42.0 Å². The first-order chi connectivity index (χ1) is 9.67. The molecule has 7 heteroatoms. The van der Waals surface area contributed by atoms with E-state index >= 15 is 0 Å². The van der Waals surface area contributed by atoms with Crippen molar-refractivity contribution in [2.24, 2.45) is 11.1 Å². The van der Waals surface area contributed by atoms with Crippen molar-refractivity contribution < 1.29 is 0 Å². The maximum Gasteiger partial charge on any atom is 0.212 e. The van der Waals surface area contributed by atoms with E-state index in [4.69, 9.17) is 5.73 Å². The van der Waals surface area contributed by atoms with Gasteiger partial charge in [-0.25, -0.2) is 9.38 Å². The lowest BCUT2D eigenvalue weighted by molar-refractivity contribution is 0.335. The molecule has 1 saturated heterocycles. The van der Waals surface area contributed by atoms with Crippen molar-refractivity contribution in [1.29, 1.82) is 0 Å². The first kappa shape index (κ1) is 12.5. The van der Waals surface area contributed by atoms with Crippen molar-refractivity contribution in [3.63, 3.8) is 0 Å². The Labute approximate surface area is 125 Å². The van der Waals surface area contributed by atoms with Crippen LogP contribution in [0.4, 0.5) is 5.95 Å². The van der Waals surface area contributed by atoms with Crippen molar-refractivity contribution in [3.8, 4) is 0 Å². The van der Waals surface area contributed by atoms with Gasteiger partial charge in [-0.3, -0.25) is 0 Å². The molecule has 0 bridgehead atoms. The quantitative estimate of drug-likeness (QED) is 0.856. The first-order valence-electron chi connectivity index (χ1n) is 7.02. The van der Waals surface area contributed by atoms with Crippen molar-refractivity contribution in [1.82, 2.24) is 19.6 Å². The molecule has 3 heterocycles. The third-order valence-electron chi connectivity index (χ3n) is 4.73. The molecular weight excluding hydrogens is 320 g/mol. The maximum atomic E-state index is 6.10. The fourth-order valence-corrected chi connectivity index (χ4v) is 4.11. The Morgan fingerprint density at radius 1 is 1.40 bits per heavy atom. The number of halogens is 1. The van der Waals surface area contributed by atoms with E-state index in [1.165, 1.54) is 12.8 Å². The molecule has 2 aliphatic rings. The fourth-order valence-electron chi connectivity index (χ4n) is 3.74. The van der Waals surface area contributed by atoms with Crippen LogP contribution in [0.15, 0.2) is 17.0 Å². The van der Waals surface area contributed by atoms with Gasteiger partial charge in [0, 0.05) is 25.3 Å². The largest absolute Gasteiger partial charge is 0.341 e. The number of hydrogen-bond acceptors (Lipinski definition) is 5. The molecule has 6 nitrogen and oxygen atoms in total. The van der Waals surface area contributed by atoms with Crippen molar-refractivity contribution in [2.45, 2.75) is 31.7 Å². The third-order valence-corrected chi connectivity index (χ3v) is 5.29. The molecule has 2 atom stereocenters. The number of rotatable bonds is 1. The minimum absolute atomic E-state index is 0.378. The minimum Gasteiger partial charge on any atom is -0.341 e. The van der Waals surface area contributed by atoms with Gasteiger partial charge in [0.25, 0.3) is 0 Å². The summed E-state index contributed by atoms with van der Waals surface area (Å²) in [5.41, 5.74) is 7.32. The Kier molecular flexibility index (Phi) is 2.75. The Morgan fingerprint density at radius 3 is 3.10 bits per heavy atom. The van der Waals surface area contributed by atoms with Gasteiger partial charge in [0.2, 0.25) is 5.95 Å². The summed E-state index contributed by atoms with van der Waals surface area (Å²) >= 11 is 3.47. The van der Waals surface area contributed by atoms with Gasteiger partial charge in [-0.2, -0.15) is 0 Å². The zero-order valence-corrected chi connectivity index (χ0v) is 12.8. The average Bonchev–Trinajstić information content (AvgIpc) is 3.12. The van der Waals surface area contributed by atoms with E-state index in [0.29, 0.717) is 11.5 Å². The predicted molar refractivity (Wildman–Crippen MR) is 79.6 cm³/mol. The first-order valence-corrected chi connectivity index (χ1v) is 7.81. The summed E-state index contributed by atoms with van der Waals surface area (Å²) in [5.74, 6) is 0.936. The van der Waals surface area contributed by atoms with Gasteiger partial charge in [0.1, 0.15) is 6.33 Å². The van der Waals surface area contributed by atoms with E-state index in [1.54, 1.807) is 6.33 Å². The molecule has 0 aromatic carbocycles. The van der Waals surface area contributed by atoms with Crippen LogP contribution in [0.25, 0.3) is 5.65 Å². The predicted octanol–water partition coefficient (Wildman–Crippen LogP) is 1.59. The molecule has 4 rings (SSSR count). The standard InChI is InChI=1S/C13H17BrN6/c14-10-6-16-12(20-8-17-18-11(10)20)19-4-3-13(7-19)2-1-9(15)5-13/h6,8-9H,1-5,7,15H2/t9-,13?/m1/s1. The van der Waals surface area contributed by atoms with Gasteiger partial charge in [-0.15, -0.1) is 10.2 Å². The van der Waals surface area contributed by atoms with Crippen LogP contribution in [-0.4, -0.2) is 38.7 Å². The van der Waals surface area contributed by atoms with Crippen molar-refractivity contribution in [3.05, 3.63) is 17.0 Å². The van der Waals surface area contributed by atoms with Crippen LogP contribution in [0.3, 0.4) is 0 Å². The molecule has 1 unspecified atom stereocenters. The number of anilines is 1. The molecule has 1 aliphatic carbocycles. The summed E-state index contributed by atoms with van der Waals surface area (Å²) in [6, 6.07) is 0.378. The van der Waals surface area contributed by atoms with Gasteiger partial charge in [0.05, 0.1) is 4.47 Å². The van der Waals surface area contributed by atoms with Crippen LogP contribution in [0, 0.1) is 5.41 Å². The van der Waals surface area contributed by atoms with E-state index in [-0.39, 0.29) is 0 Å². The van der Waals surface area contributed by atoms with Crippen molar-refractivity contribution >= 4 is 27.5 Å². The summed E-state index contributed by atoms with van der Waals surface area (Å²) < 4.78 is 2.83. The highest BCUT2D eigenvalue weighted by molar-refractivity contribution is 9.10. The number of hydrogen-bond donors (Lipinski definition) is 1. The molecule has 0 radical (unpaired) electrons. The molecule has 0 amide bonds. The molecule has 2 N–H and O–H groups in total. The van der Waals surface area contributed by atoms with E-state index in [2.05, 4.69) is 36.0 Å². The Bertz CT molecular complexity index is 655. The molecule has 1 saturated carbocycles. The van der Waals surface area contributed by atoms with Gasteiger partial charge in [-0.1, -0.05) is 0 Å². The second-order valence-electron chi connectivity index (χ2n) is 6.11.